The Morgan fingerprint density at radius 1 is 0.767 bits per heavy atom. The summed E-state index contributed by atoms with van der Waals surface area (Å²) in [5.74, 6) is 2.23. The number of aliphatic hydroxyl groups is 1. The van der Waals surface area contributed by atoms with Crippen molar-refractivity contribution in [1.82, 2.24) is 4.57 Å². The molecular formula is C38H39N4O+. The van der Waals surface area contributed by atoms with Gasteiger partial charge in [0.05, 0.1) is 17.9 Å². The molecule has 43 heavy (non-hydrogen) atoms. The number of para-hydroxylation sites is 6. The number of benzene rings is 4. The highest BCUT2D eigenvalue weighted by molar-refractivity contribution is 5.88. The number of hydrogen-bond donors (Lipinski definition) is 1. The van der Waals surface area contributed by atoms with Crippen LogP contribution in [0.3, 0.4) is 0 Å². The molecule has 2 heterocycles. The minimum absolute atomic E-state index is 0.156. The van der Waals surface area contributed by atoms with Crippen molar-refractivity contribution in [1.29, 1.82) is 0 Å². The lowest BCUT2D eigenvalue weighted by Gasteiger charge is -2.24. The summed E-state index contributed by atoms with van der Waals surface area (Å²) in [4.78, 5) is 4.70. The fourth-order valence-electron chi connectivity index (χ4n) is 6.06. The van der Waals surface area contributed by atoms with Crippen molar-refractivity contribution in [3.8, 4) is 5.69 Å². The van der Waals surface area contributed by atoms with Crippen LogP contribution in [0.2, 0.25) is 0 Å². The number of allylic oxidation sites excluding steroid dienone is 4. The molecule has 5 nitrogen and oxygen atoms in total. The van der Waals surface area contributed by atoms with Crippen LogP contribution < -0.4 is 14.4 Å². The van der Waals surface area contributed by atoms with Gasteiger partial charge in [-0.2, -0.15) is 4.57 Å². The molecule has 0 radical (unpaired) electrons. The second-order valence-corrected chi connectivity index (χ2v) is 10.6. The number of fused-ring (bicyclic) bond motifs is 2. The molecule has 216 valence electrons. The fraction of sp³-hybridized carbons (Fsp3) is 0.184. The standard InChI is InChI=1S/C38H39N4O/c1-3-39-33-21-11-13-23-35(33)41(31-17-7-5-8-18-31)37(39)27-25-30(16-15-29-43)26-28-38-40(4-2)34-22-12-14-24-36(34)42(38)32-19-9-6-10-20-32/h5-14,17-28,43H,3-4,15-16,29H2,1-2H3/q+1. The average molecular weight is 568 g/mol. The van der Waals surface area contributed by atoms with Crippen LogP contribution in [0.15, 0.2) is 139 Å². The summed E-state index contributed by atoms with van der Waals surface area (Å²) in [5, 5.41) is 9.75. The zero-order chi connectivity index (χ0) is 29.6. The number of rotatable bonds is 10. The molecule has 0 fully saturated rings. The lowest BCUT2D eigenvalue weighted by atomic mass is 10.1. The predicted molar refractivity (Wildman–Crippen MR) is 179 cm³/mol. The molecule has 0 saturated carbocycles. The topological polar surface area (TPSA) is 35.5 Å². The molecule has 0 amide bonds. The molecule has 0 bridgehead atoms. The first-order chi connectivity index (χ1) is 21.2. The monoisotopic (exact) mass is 567 g/mol. The highest BCUT2D eigenvalue weighted by Gasteiger charge is 2.30. The van der Waals surface area contributed by atoms with E-state index in [0.29, 0.717) is 6.42 Å². The summed E-state index contributed by atoms with van der Waals surface area (Å²) in [7, 11) is 0. The molecule has 5 aromatic rings. The summed E-state index contributed by atoms with van der Waals surface area (Å²) in [5.41, 5.74) is 8.20. The molecule has 1 aliphatic rings. The maximum Gasteiger partial charge on any atom is 0.287 e. The molecule has 0 saturated heterocycles. The van der Waals surface area contributed by atoms with Crippen molar-refractivity contribution in [3.05, 3.63) is 145 Å². The zero-order valence-corrected chi connectivity index (χ0v) is 25.0. The van der Waals surface area contributed by atoms with E-state index in [4.69, 9.17) is 0 Å². The normalized spacial score (nSPS) is 14.4. The Hall–Kier alpha value is -4.87. The van der Waals surface area contributed by atoms with E-state index in [-0.39, 0.29) is 6.61 Å². The largest absolute Gasteiger partial charge is 0.396 e. The summed E-state index contributed by atoms with van der Waals surface area (Å²) in [6, 6.07) is 38.3. The van der Waals surface area contributed by atoms with Gasteiger partial charge >= 0.3 is 0 Å². The molecule has 5 heteroatoms. The van der Waals surface area contributed by atoms with Crippen LogP contribution in [-0.4, -0.2) is 22.8 Å². The van der Waals surface area contributed by atoms with Gasteiger partial charge in [0.15, 0.2) is 11.0 Å². The summed E-state index contributed by atoms with van der Waals surface area (Å²) in [6.45, 7) is 6.26. The maximum absolute atomic E-state index is 9.75. The molecule has 1 N–H and O–H groups in total. The number of hydrogen-bond acceptors (Lipinski definition) is 3. The number of anilines is 3. The Labute approximate surface area is 254 Å². The first-order valence-corrected chi connectivity index (χ1v) is 15.2. The third-order valence-corrected chi connectivity index (χ3v) is 8.02. The van der Waals surface area contributed by atoms with Gasteiger partial charge in [-0.05, 0) is 86.9 Å². The van der Waals surface area contributed by atoms with E-state index in [9.17, 15) is 5.11 Å². The lowest BCUT2D eigenvalue weighted by Crippen LogP contribution is -2.35. The number of aromatic nitrogens is 2. The van der Waals surface area contributed by atoms with Crippen LogP contribution in [-0.2, 0) is 6.54 Å². The van der Waals surface area contributed by atoms with E-state index in [2.05, 4.69) is 166 Å². The van der Waals surface area contributed by atoms with Crippen LogP contribution in [0.1, 0.15) is 32.5 Å². The summed E-state index contributed by atoms with van der Waals surface area (Å²) >= 11 is 0. The SMILES string of the molecule is CCN1C(=CC=C(C=Cc2n(-c3ccccc3)c3ccccc3[n+]2CC)CCCO)N(c2ccccc2)c2ccccc21. The van der Waals surface area contributed by atoms with Gasteiger partial charge in [0.2, 0.25) is 0 Å². The van der Waals surface area contributed by atoms with Gasteiger partial charge in [-0.15, -0.1) is 0 Å². The van der Waals surface area contributed by atoms with Gasteiger partial charge in [0.1, 0.15) is 11.5 Å². The first-order valence-electron chi connectivity index (χ1n) is 15.2. The van der Waals surface area contributed by atoms with Crippen molar-refractivity contribution >= 4 is 34.2 Å². The number of aliphatic hydroxyl groups excluding tert-OH is 1. The smallest absolute Gasteiger partial charge is 0.287 e. The first kappa shape index (κ1) is 28.3. The van der Waals surface area contributed by atoms with E-state index in [0.717, 1.165) is 48.1 Å². The Bertz CT molecular complexity index is 1780. The number of imidazole rings is 1. The van der Waals surface area contributed by atoms with Gasteiger partial charge in [-0.1, -0.05) is 72.8 Å². The van der Waals surface area contributed by atoms with E-state index in [1.807, 2.05) is 0 Å². The lowest BCUT2D eigenvalue weighted by molar-refractivity contribution is -0.670. The van der Waals surface area contributed by atoms with Crippen LogP contribution in [0, 0.1) is 0 Å². The summed E-state index contributed by atoms with van der Waals surface area (Å²) < 4.78 is 4.70. The molecule has 0 aliphatic carbocycles. The third-order valence-electron chi connectivity index (χ3n) is 8.02. The highest BCUT2D eigenvalue weighted by Crippen LogP contribution is 2.45. The third kappa shape index (κ3) is 5.52. The second-order valence-electron chi connectivity index (χ2n) is 10.6. The quantitative estimate of drug-likeness (QED) is 0.137. The second kappa shape index (κ2) is 13.0. The van der Waals surface area contributed by atoms with Crippen LogP contribution in [0.25, 0.3) is 22.8 Å². The van der Waals surface area contributed by atoms with E-state index >= 15 is 0 Å². The van der Waals surface area contributed by atoms with E-state index in [1.165, 1.54) is 22.4 Å². The number of aryl methyl sites for hydroxylation is 1. The Morgan fingerprint density at radius 2 is 1.42 bits per heavy atom. The molecule has 6 rings (SSSR count). The van der Waals surface area contributed by atoms with Gasteiger partial charge in [-0.25, -0.2) is 4.57 Å². The van der Waals surface area contributed by atoms with Crippen molar-refractivity contribution in [3.63, 3.8) is 0 Å². The Balaban J connectivity index is 1.46. The van der Waals surface area contributed by atoms with Crippen molar-refractivity contribution < 1.29 is 9.67 Å². The van der Waals surface area contributed by atoms with E-state index in [1.54, 1.807) is 0 Å². The Kier molecular flexibility index (Phi) is 8.52. The van der Waals surface area contributed by atoms with Gasteiger partial charge in [0, 0.05) is 24.9 Å². The van der Waals surface area contributed by atoms with Gasteiger partial charge in [0.25, 0.3) is 5.82 Å². The number of nitrogens with zero attached hydrogens (tertiary/aromatic N) is 4. The average Bonchev–Trinajstić information content (AvgIpc) is 3.56. The van der Waals surface area contributed by atoms with Crippen LogP contribution >= 0.6 is 0 Å². The van der Waals surface area contributed by atoms with E-state index < -0.39 is 0 Å². The predicted octanol–water partition coefficient (Wildman–Crippen LogP) is 8.17. The van der Waals surface area contributed by atoms with Gasteiger partial charge < -0.3 is 10.0 Å². The highest BCUT2D eigenvalue weighted by atomic mass is 16.2. The fourth-order valence-corrected chi connectivity index (χ4v) is 6.06. The van der Waals surface area contributed by atoms with Crippen LogP contribution in [0.5, 0.6) is 0 Å². The zero-order valence-electron chi connectivity index (χ0n) is 25.0. The molecule has 0 spiro atoms. The van der Waals surface area contributed by atoms with Gasteiger partial charge in [-0.3, -0.25) is 4.90 Å². The molecule has 1 aromatic heterocycles. The van der Waals surface area contributed by atoms with Crippen molar-refractivity contribution in [2.24, 2.45) is 0 Å². The van der Waals surface area contributed by atoms with Crippen LogP contribution in [0.4, 0.5) is 17.1 Å². The minimum Gasteiger partial charge on any atom is -0.396 e. The maximum atomic E-state index is 9.75. The molecular weight excluding hydrogens is 528 g/mol. The van der Waals surface area contributed by atoms with Crippen molar-refractivity contribution in [2.45, 2.75) is 33.2 Å². The molecule has 0 unspecified atom stereocenters. The summed E-state index contributed by atoms with van der Waals surface area (Å²) in [6.07, 6.45) is 10.4. The minimum atomic E-state index is 0.156. The molecule has 0 atom stereocenters. The molecule has 1 aliphatic heterocycles. The van der Waals surface area contributed by atoms with Crippen molar-refractivity contribution in [2.75, 3.05) is 23.0 Å². The Morgan fingerprint density at radius 3 is 2.12 bits per heavy atom. The molecule has 4 aromatic carbocycles.